The summed E-state index contributed by atoms with van der Waals surface area (Å²) in [7, 11) is 1.62. The number of hydrogen-bond acceptors (Lipinski definition) is 4. The van der Waals surface area contributed by atoms with Gasteiger partial charge in [-0.25, -0.2) is 0 Å². The number of hydrogen-bond donors (Lipinski definition) is 1. The van der Waals surface area contributed by atoms with E-state index in [1.165, 1.54) is 6.42 Å². The molecular formula is C27H36N2O4. The van der Waals surface area contributed by atoms with Gasteiger partial charge in [-0.1, -0.05) is 50.5 Å². The Bertz CT molecular complexity index is 907. The molecule has 33 heavy (non-hydrogen) atoms. The van der Waals surface area contributed by atoms with Gasteiger partial charge < -0.3 is 19.7 Å². The average molecular weight is 453 g/mol. The average Bonchev–Trinajstić information content (AvgIpc) is 2.83. The van der Waals surface area contributed by atoms with Crippen molar-refractivity contribution in [1.82, 2.24) is 10.2 Å². The van der Waals surface area contributed by atoms with Crippen LogP contribution < -0.4 is 14.8 Å². The van der Waals surface area contributed by atoms with Crippen molar-refractivity contribution >= 4 is 11.8 Å². The third-order valence-electron chi connectivity index (χ3n) is 6.20. The molecule has 0 radical (unpaired) electrons. The number of aryl methyl sites for hydroxylation is 1. The van der Waals surface area contributed by atoms with Crippen molar-refractivity contribution < 1.29 is 19.1 Å². The molecule has 6 heteroatoms. The van der Waals surface area contributed by atoms with Crippen LogP contribution in [-0.2, 0) is 16.1 Å². The molecule has 0 aliphatic heterocycles. The smallest absolute Gasteiger partial charge is 0.261 e. The molecule has 1 atom stereocenters. The van der Waals surface area contributed by atoms with Gasteiger partial charge in [0.05, 0.1) is 7.11 Å². The Morgan fingerprint density at radius 1 is 1.06 bits per heavy atom. The topological polar surface area (TPSA) is 67.9 Å². The lowest BCUT2D eigenvalue weighted by Crippen LogP contribution is -2.52. The molecule has 2 aromatic rings. The Kier molecular flexibility index (Phi) is 9.16. The number of benzene rings is 2. The van der Waals surface area contributed by atoms with Crippen LogP contribution in [0.5, 0.6) is 11.5 Å². The van der Waals surface area contributed by atoms with Crippen molar-refractivity contribution in [3.63, 3.8) is 0 Å². The number of nitrogens with one attached hydrogen (secondary N) is 1. The summed E-state index contributed by atoms with van der Waals surface area (Å²) in [5.74, 6) is 1.11. The second-order valence-corrected chi connectivity index (χ2v) is 8.74. The van der Waals surface area contributed by atoms with E-state index >= 15 is 0 Å². The molecule has 1 saturated carbocycles. The highest BCUT2D eigenvalue weighted by Crippen LogP contribution is 2.20. The zero-order chi connectivity index (χ0) is 23.6. The highest BCUT2D eigenvalue weighted by Gasteiger charge is 2.30. The van der Waals surface area contributed by atoms with Gasteiger partial charge in [0.2, 0.25) is 5.91 Å². The van der Waals surface area contributed by atoms with Crippen molar-refractivity contribution in [3.8, 4) is 11.5 Å². The van der Waals surface area contributed by atoms with Crippen LogP contribution >= 0.6 is 0 Å². The summed E-state index contributed by atoms with van der Waals surface area (Å²) in [6.07, 6.45) is 6.05. The quantitative estimate of drug-likeness (QED) is 0.570. The van der Waals surface area contributed by atoms with Crippen LogP contribution in [0, 0.1) is 6.92 Å². The summed E-state index contributed by atoms with van der Waals surface area (Å²) >= 11 is 0. The zero-order valence-electron chi connectivity index (χ0n) is 20.0. The van der Waals surface area contributed by atoms with E-state index in [0.29, 0.717) is 18.7 Å². The normalized spacial score (nSPS) is 14.9. The maximum atomic E-state index is 13.3. The fraction of sp³-hybridized carbons (Fsp3) is 0.481. The van der Waals surface area contributed by atoms with E-state index in [0.717, 1.165) is 42.6 Å². The van der Waals surface area contributed by atoms with Crippen LogP contribution in [0.2, 0.25) is 0 Å². The van der Waals surface area contributed by atoms with Crippen molar-refractivity contribution in [2.75, 3.05) is 13.7 Å². The van der Waals surface area contributed by atoms with Gasteiger partial charge in [0.25, 0.3) is 5.91 Å². The Hall–Kier alpha value is -3.02. The van der Waals surface area contributed by atoms with Crippen LogP contribution in [0.25, 0.3) is 0 Å². The van der Waals surface area contributed by atoms with E-state index in [4.69, 9.17) is 9.47 Å². The van der Waals surface area contributed by atoms with E-state index in [9.17, 15) is 9.59 Å². The number of carbonyl (C=O) groups is 2. The molecule has 0 heterocycles. The highest BCUT2D eigenvalue weighted by atomic mass is 16.5. The monoisotopic (exact) mass is 452 g/mol. The second kappa shape index (κ2) is 12.3. The van der Waals surface area contributed by atoms with Gasteiger partial charge in [0.15, 0.2) is 6.61 Å². The largest absolute Gasteiger partial charge is 0.497 e. The Morgan fingerprint density at radius 2 is 1.79 bits per heavy atom. The zero-order valence-corrected chi connectivity index (χ0v) is 20.0. The molecule has 3 rings (SSSR count). The third-order valence-corrected chi connectivity index (χ3v) is 6.20. The van der Waals surface area contributed by atoms with Gasteiger partial charge in [-0.3, -0.25) is 9.59 Å². The first-order valence-electron chi connectivity index (χ1n) is 11.9. The number of ether oxygens (including phenoxy) is 2. The van der Waals surface area contributed by atoms with Gasteiger partial charge in [-0.15, -0.1) is 0 Å². The van der Waals surface area contributed by atoms with Crippen LogP contribution in [0.15, 0.2) is 48.5 Å². The van der Waals surface area contributed by atoms with Crippen molar-refractivity contribution in [2.24, 2.45) is 0 Å². The minimum Gasteiger partial charge on any atom is -0.497 e. The molecule has 0 aromatic heterocycles. The minimum atomic E-state index is -0.553. The predicted octanol–water partition coefficient (Wildman–Crippen LogP) is 4.64. The van der Waals surface area contributed by atoms with E-state index in [-0.39, 0.29) is 24.5 Å². The molecule has 0 spiro atoms. The summed E-state index contributed by atoms with van der Waals surface area (Å²) in [5.41, 5.74) is 2.00. The van der Waals surface area contributed by atoms with Crippen molar-refractivity contribution in [3.05, 3.63) is 59.7 Å². The van der Waals surface area contributed by atoms with Crippen molar-refractivity contribution in [2.45, 2.75) is 71.0 Å². The van der Waals surface area contributed by atoms with Crippen LogP contribution in [0.3, 0.4) is 0 Å². The predicted molar refractivity (Wildman–Crippen MR) is 129 cm³/mol. The van der Waals surface area contributed by atoms with Gasteiger partial charge in [-0.2, -0.15) is 0 Å². The standard InChI is InChI=1S/C27H36N2O4/c1-4-25(27(31)28-22-10-6-5-7-11-22)29(18-21-13-15-23(32-3)16-14-21)26(30)19-33-24-12-8-9-20(2)17-24/h8-9,12-17,22,25H,4-7,10-11,18-19H2,1-3H3,(H,28,31). The molecule has 1 aliphatic carbocycles. The lowest BCUT2D eigenvalue weighted by Gasteiger charge is -2.32. The fourth-order valence-corrected chi connectivity index (χ4v) is 4.32. The van der Waals surface area contributed by atoms with E-state index in [1.54, 1.807) is 12.0 Å². The first-order chi connectivity index (χ1) is 16.0. The second-order valence-electron chi connectivity index (χ2n) is 8.74. The molecule has 0 bridgehead atoms. The summed E-state index contributed by atoms with van der Waals surface area (Å²) < 4.78 is 11.0. The summed E-state index contributed by atoms with van der Waals surface area (Å²) in [4.78, 5) is 28.2. The Morgan fingerprint density at radius 3 is 2.42 bits per heavy atom. The molecule has 6 nitrogen and oxygen atoms in total. The Labute approximate surface area is 197 Å². The van der Waals surface area contributed by atoms with E-state index < -0.39 is 6.04 Å². The van der Waals surface area contributed by atoms with Gasteiger partial charge in [0, 0.05) is 12.6 Å². The molecular weight excluding hydrogens is 416 g/mol. The molecule has 178 valence electrons. The van der Waals surface area contributed by atoms with Crippen molar-refractivity contribution in [1.29, 1.82) is 0 Å². The Balaban J connectivity index is 1.75. The number of rotatable bonds is 10. The molecule has 1 aliphatic rings. The van der Waals surface area contributed by atoms with E-state index in [1.807, 2.05) is 62.4 Å². The highest BCUT2D eigenvalue weighted by molar-refractivity contribution is 5.88. The first kappa shape index (κ1) is 24.6. The first-order valence-corrected chi connectivity index (χ1v) is 11.9. The summed E-state index contributed by atoms with van der Waals surface area (Å²) in [5, 5.41) is 3.20. The van der Waals surface area contributed by atoms with Gasteiger partial charge >= 0.3 is 0 Å². The molecule has 0 saturated heterocycles. The minimum absolute atomic E-state index is 0.0817. The van der Waals surface area contributed by atoms with Crippen LogP contribution in [0.4, 0.5) is 0 Å². The number of amides is 2. The number of methoxy groups -OCH3 is 1. The summed E-state index contributed by atoms with van der Waals surface area (Å²) in [6, 6.07) is 14.8. The van der Waals surface area contributed by atoms with Crippen LogP contribution in [0.1, 0.15) is 56.6 Å². The maximum absolute atomic E-state index is 13.3. The van der Waals surface area contributed by atoms with Crippen LogP contribution in [-0.4, -0.2) is 42.5 Å². The fourth-order valence-electron chi connectivity index (χ4n) is 4.32. The molecule has 1 N–H and O–H groups in total. The maximum Gasteiger partial charge on any atom is 0.261 e. The third kappa shape index (κ3) is 7.24. The van der Waals surface area contributed by atoms with Gasteiger partial charge in [-0.05, 0) is 61.6 Å². The number of nitrogens with zero attached hydrogens (tertiary/aromatic N) is 1. The molecule has 2 amide bonds. The SMILES string of the molecule is CCC(C(=O)NC1CCCCC1)N(Cc1ccc(OC)cc1)C(=O)COc1cccc(C)c1. The lowest BCUT2D eigenvalue weighted by molar-refractivity contribution is -0.143. The van der Waals surface area contributed by atoms with Gasteiger partial charge in [0.1, 0.15) is 17.5 Å². The lowest BCUT2D eigenvalue weighted by atomic mass is 9.95. The molecule has 1 fully saturated rings. The molecule has 2 aromatic carbocycles. The number of carbonyl (C=O) groups excluding carboxylic acids is 2. The van der Waals surface area contributed by atoms with E-state index in [2.05, 4.69) is 5.32 Å². The molecule has 1 unspecified atom stereocenters. The summed E-state index contributed by atoms with van der Waals surface area (Å²) in [6.45, 7) is 4.14.